The molecule has 1 aromatic heterocycles. The van der Waals surface area contributed by atoms with E-state index in [9.17, 15) is 18.0 Å². The molecule has 0 unspecified atom stereocenters. The van der Waals surface area contributed by atoms with Gasteiger partial charge in [-0.3, -0.25) is 4.79 Å². The minimum absolute atomic E-state index is 0.0475. The average Bonchev–Trinajstić information content (AvgIpc) is 3.23. The maximum absolute atomic E-state index is 13.0. The van der Waals surface area contributed by atoms with Crippen molar-refractivity contribution in [3.05, 3.63) is 72.3 Å². The second-order valence-corrected chi connectivity index (χ2v) is 11.0. The Morgan fingerprint density at radius 1 is 1.03 bits per heavy atom. The fourth-order valence-corrected chi connectivity index (χ4v) is 6.06. The van der Waals surface area contributed by atoms with Crippen LogP contribution >= 0.6 is 0 Å². The van der Waals surface area contributed by atoms with Crippen molar-refractivity contribution in [2.45, 2.75) is 12.5 Å². The molecule has 0 saturated carbocycles. The second kappa shape index (κ2) is 9.58. The van der Waals surface area contributed by atoms with Crippen LogP contribution in [0, 0.1) is 0 Å². The Morgan fingerprint density at radius 3 is 2.58 bits per heavy atom. The number of sulfone groups is 1. The molecule has 1 aliphatic heterocycles. The van der Waals surface area contributed by atoms with Crippen LogP contribution in [0.4, 0.5) is 0 Å². The first-order valence-electron chi connectivity index (χ1n) is 11.5. The molecule has 2 heterocycles. The molecular formula is C27H24N2O6S. The van der Waals surface area contributed by atoms with Gasteiger partial charge in [0, 0.05) is 17.0 Å². The summed E-state index contributed by atoms with van der Waals surface area (Å²) < 4.78 is 33.8. The highest BCUT2D eigenvalue weighted by atomic mass is 32.2. The van der Waals surface area contributed by atoms with Crippen LogP contribution < -0.4 is 10.1 Å². The number of methoxy groups -OCH3 is 1. The smallest absolute Gasteiger partial charge is 0.339 e. The number of amides is 1. The molecular weight excluding hydrogens is 480 g/mol. The molecule has 1 atom stereocenters. The van der Waals surface area contributed by atoms with Gasteiger partial charge in [-0.2, -0.15) is 0 Å². The van der Waals surface area contributed by atoms with E-state index in [-0.39, 0.29) is 11.5 Å². The Bertz CT molecular complexity index is 1600. The lowest BCUT2D eigenvalue weighted by Crippen LogP contribution is -2.38. The topological polar surface area (TPSA) is 112 Å². The normalized spacial score (nSPS) is 16.6. The number of aromatic nitrogens is 1. The van der Waals surface area contributed by atoms with Crippen LogP contribution in [0.25, 0.3) is 32.9 Å². The lowest BCUT2D eigenvalue weighted by atomic mass is 10.0. The fourth-order valence-electron chi connectivity index (χ4n) is 4.39. The highest BCUT2D eigenvalue weighted by molar-refractivity contribution is 7.91. The summed E-state index contributed by atoms with van der Waals surface area (Å²) in [6, 6.07) is 20.1. The van der Waals surface area contributed by atoms with Crippen molar-refractivity contribution in [3.8, 4) is 17.0 Å². The van der Waals surface area contributed by atoms with Gasteiger partial charge in [-0.25, -0.2) is 18.2 Å². The van der Waals surface area contributed by atoms with Gasteiger partial charge in [0.25, 0.3) is 5.91 Å². The maximum Gasteiger partial charge on any atom is 0.339 e. The number of pyridine rings is 1. The van der Waals surface area contributed by atoms with Crippen molar-refractivity contribution < 1.29 is 27.5 Å². The second-order valence-electron chi connectivity index (χ2n) is 8.74. The van der Waals surface area contributed by atoms with Gasteiger partial charge in [0.15, 0.2) is 16.4 Å². The van der Waals surface area contributed by atoms with E-state index in [1.807, 2.05) is 48.5 Å². The predicted molar refractivity (Wildman–Crippen MR) is 137 cm³/mol. The van der Waals surface area contributed by atoms with Crippen molar-refractivity contribution >= 4 is 43.4 Å². The van der Waals surface area contributed by atoms with E-state index in [1.54, 1.807) is 25.3 Å². The first-order chi connectivity index (χ1) is 17.3. The standard InChI is InChI=1S/C27H24N2O6S/c1-34-21-9-8-17-12-19(7-6-18(17)13-21)25-14-23(22-4-2-3-5-24(22)29-25)27(31)35-15-26(30)28-20-10-11-36(32,33)16-20/h2-9,12-14,20H,10-11,15-16H2,1H3,(H,28,30)/t20-/m0/s1. The minimum atomic E-state index is -3.12. The minimum Gasteiger partial charge on any atom is -0.497 e. The van der Waals surface area contributed by atoms with Gasteiger partial charge in [0.05, 0.1) is 35.4 Å². The summed E-state index contributed by atoms with van der Waals surface area (Å²) in [4.78, 5) is 30.0. The van der Waals surface area contributed by atoms with Gasteiger partial charge in [0.1, 0.15) is 5.75 Å². The van der Waals surface area contributed by atoms with Crippen LogP contribution in [0.15, 0.2) is 66.7 Å². The van der Waals surface area contributed by atoms with E-state index in [1.165, 1.54) is 0 Å². The van der Waals surface area contributed by atoms with E-state index >= 15 is 0 Å². The van der Waals surface area contributed by atoms with Crippen LogP contribution in [0.1, 0.15) is 16.8 Å². The van der Waals surface area contributed by atoms with Crippen molar-refractivity contribution in [1.29, 1.82) is 0 Å². The summed E-state index contributed by atoms with van der Waals surface area (Å²) in [7, 11) is -1.50. The molecule has 0 spiro atoms. The lowest BCUT2D eigenvalue weighted by Gasteiger charge is -2.13. The first-order valence-corrected chi connectivity index (χ1v) is 13.3. The van der Waals surface area contributed by atoms with E-state index < -0.39 is 34.4 Å². The Balaban J connectivity index is 1.40. The number of fused-ring (bicyclic) bond motifs is 2. The number of ether oxygens (including phenoxy) is 2. The third-order valence-corrected chi connectivity index (χ3v) is 7.98. The SMILES string of the molecule is COc1ccc2cc(-c3cc(C(=O)OCC(=O)N[C@H]4CCS(=O)(=O)C4)c4ccccc4n3)ccc2c1. The molecule has 184 valence electrons. The Labute approximate surface area is 208 Å². The van der Waals surface area contributed by atoms with Crippen LogP contribution in [-0.4, -0.2) is 56.5 Å². The van der Waals surface area contributed by atoms with Crippen LogP contribution in [0.5, 0.6) is 5.75 Å². The number of esters is 1. The van der Waals surface area contributed by atoms with Crippen LogP contribution in [0.2, 0.25) is 0 Å². The van der Waals surface area contributed by atoms with Gasteiger partial charge in [0.2, 0.25) is 0 Å². The van der Waals surface area contributed by atoms with Gasteiger partial charge in [-0.1, -0.05) is 36.4 Å². The monoisotopic (exact) mass is 504 g/mol. The molecule has 0 aliphatic carbocycles. The van der Waals surface area contributed by atoms with Gasteiger partial charge in [-0.05, 0) is 47.5 Å². The third kappa shape index (κ3) is 5.01. The maximum atomic E-state index is 13.0. The number of hydrogen-bond donors (Lipinski definition) is 1. The third-order valence-electron chi connectivity index (χ3n) is 6.21. The molecule has 36 heavy (non-hydrogen) atoms. The number of carbonyl (C=O) groups excluding carboxylic acids is 2. The summed E-state index contributed by atoms with van der Waals surface area (Å²) in [5.74, 6) is -0.471. The largest absolute Gasteiger partial charge is 0.497 e. The Morgan fingerprint density at radius 2 is 1.81 bits per heavy atom. The molecule has 1 fully saturated rings. The number of nitrogens with zero attached hydrogens (tertiary/aromatic N) is 1. The number of rotatable bonds is 6. The zero-order chi connectivity index (χ0) is 25.3. The van der Waals surface area contributed by atoms with Crippen molar-refractivity contribution in [2.24, 2.45) is 0 Å². The Kier molecular flexibility index (Phi) is 6.32. The van der Waals surface area contributed by atoms with Crippen molar-refractivity contribution in [3.63, 3.8) is 0 Å². The molecule has 1 N–H and O–H groups in total. The van der Waals surface area contributed by atoms with Crippen LogP contribution in [-0.2, 0) is 19.4 Å². The molecule has 8 nitrogen and oxygen atoms in total. The number of hydrogen-bond acceptors (Lipinski definition) is 7. The summed E-state index contributed by atoms with van der Waals surface area (Å²) in [6.45, 7) is -0.501. The van der Waals surface area contributed by atoms with Gasteiger partial charge >= 0.3 is 5.97 Å². The molecule has 0 bridgehead atoms. The number of nitrogens with one attached hydrogen (secondary N) is 1. The molecule has 4 aromatic rings. The average molecular weight is 505 g/mol. The predicted octanol–water partition coefficient (Wildman–Crippen LogP) is 3.52. The zero-order valence-corrected chi connectivity index (χ0v) is 20.4. The lowest BCUT2D eigenvalue weighted by molar-refractivity contribution is -0.124. The van der Waals surface area contributed by atoms with Gasteiger partial charge in [-0.15, -0.1) is 0 Å². The van der Waals surface area contributed by atoms with E-state index in [0.717, 1.165) is 22.1 Å². The molecule has 5 rings (SSSR count). The molecule has 0 radical (unpaired) electrons. The highest BCUT2D eigenvalue weighted by Gasteiger charge is 2.29. The summed E-state index contributed by atoms with van der Waals surface area (Å²) in [5.41, 5.74) is 2.34. The number of benzene rings is 3. The van der Waals surface area contributed by atoms with E-state index in [4.69, 9.17) is 14.5 Å². The van der Waals surface area contributed by atoms with Crippen molar-refractivity contribution in [2.75, 3.05) is 25.2 Å². The zero-order valence-electron chi connectivity index (χ0n) is 19.6. The van der Waals surface area contributed by atoms with E-state index in [2.05, 4.69) is 5.32 Å². The van der Waals surface area contributed by atoms with Gasteiger partial charge < -0.3 is 14.8 Å². The van der Waals surface area contributed by atoms with Crippen LogP contribution in [0.3, 0.4) is 0 Å². The molecule has 9 heteroatoms. The van der Waals surface area contributed by atoms with Crippen molar-refractivity contribution in [1.82, 2.24) is 10.3 Å². The highest BCUT2D eigenvalue weighted by Crippen LogP contribution is 2.29. The molecule has 3 aromatic carbocycles. The van der Waals surface area contributed by atoms with E-state index in [0.29, 0.717) is 28.6 Å². The summed E-state index contributed by atoms with van der Waals surface area (Å²) in [6.07, 6.45) is 0.360. The molecule has 1 aliphatic rings. The number of carbonyl (C=O) groups is 2. The summed E-state index contributed by atoms with van der Waals surface area (Å²) in [5, 5.41) is 5.25. The quantitative estimate of drug-likeness (QED) is 0.400. The molecule has 1 amide bonds. The molecule has 1 saturated heterocycles. The fraction of sp³-hybridized carbons (Fsp3) is 0.222. The summed E-state index contributed by atoms with van der Waals surface area (Å²) >= 11 is 0. The number of para-hydroxylation sites is 1. The Hall–Kier alpha value is -3.98. The first kappa shape index (κ1) is 23.7.